The molecule has 2 fully saturated rings. The van der Waals surface area contributed by atoms with E-state index in [9.17, 15) is 9.18 Å². The monoisotopic (exact) mass is 523 g/mol. The van der Waals surface area contributed by atoms with Crippen molar-refractivity contribution in [1.29, 1.82) is 0 Å². The molecule has 0 spiro atoms. The molecule has 0 unspecified atom stereocenters. The third kappa shape index (κ3) is 6.18. The highest BCUT2D eigenvalue weighted by Gasteiger charge is 2.39. The lowest BCUT2D eigenvalue weighted by atomic mass is 9.87. The van der Waals surface area contributed by atoms with Crippen molar-refractivity contribution < 1.29 is 13.9 Å². The second-order valence-electron chi connectivity index (χ2n) is 9.91. The molecule has 2 aliphatic rings. The number of likely N-dealkylation sites (tertiary alicyclic amines) is 1. The second kappa shape index (κ2) is 11.4. The largest absolute Gasteiger partial charge is 0.478 e. The molecule has 5 rings (SSSR count). The van der Waals surface area contributed by atoms with E-state index < -0.39 is 5.82 Å². The molecule has 4 heterocycles. The van der Waals surface area contributed by atoms with Gasteiger partial charge in [-0.25, -0.2) is 9.37 Å². The fourth-order valence-electron chi connectivity index (χ4n) is 5.37. The van der Waals surface area contributed by atoms with E-state index in [2.05, 4.69) is 32.2 Å². The Kier molecular flexibility index (Phi) is 7.84. The zero-order valence-corrected chi connectivity index (χ0v) is 21.6. The van der Waals surface area contributed by atoms with Crippen molar-refractivity contribution in [1.82, 2.24) is 20.1 Å². The number of amides is 1. The van der Waals surface area contributed by atoms with E-state index in [-0.39, 0.29) is 23.7 Å². The molecule has 194 valence electrons. The zero-order valence-electron chi connectivity index (χ0n) is 20.9. The van der Waals surface area contributed by atoms with Gasteiger partial charge < -0.3 is 14.5 Å². The zero-order chi connectivity index (χ0) is 25.8. The molecule has 3 aromatic rings. The summed E-state index contributed by atoms with van der Waals surface area (Å²) >= 11 is 6.13. The van der Waals surface area contributed by atoms with E-state index in [1.807, 2.05) is 36.1 Å². The van der Waals surface area contributed by atoms with Crippen LogP contribution in [0.2, 0.25) is 5.02 Å². The molecule has 2 aromatic heterocycles. The summed E-state index contributed by atoms with van der Waals surface area (Å²) in [6.07, 6.45) is 3.53. The van der Waals surface area contributed by atoms with Gasteiger partial charge in [0, 0.05) is 49.1 Å². The molecule has 0 aliphatic carbocycles. The fourth-order valence-corrected chi connectivity index (χ4v) is 5.49. The second-order valence-corrected chi connectivity index (χ2v) is 10.3. The van der Waals surface area contributed by atoms with Gasteiger partial charge in [0.15, 0.2) is 5.82 Å². The number of aryl methyl sites for hydroxylation is 1. The highest BCUT2D eigenvalue weighted by Crippen LogP contribution is 2.37. The predicted molar refractivity (Wildman–Crippen MR) is 140 cm³/mol. The Bertz CT molecular complexity index is 1180. The molecule has 0 saturated carbocycles. The van der Waals surface area contributed by atoms with Crippen LogP contribution in [0.5, 0.6) is 5.88 Å². The van der Waals surface area contributed by atoms with Crippen molar-refractivity contribution in [2.45, 2.75) is 32.1 Å². The molecule has 2 aliphatic heterocycles. The number of ether oxygens (including phenoxy) is 1. The topological polar surface area (TPSA) is 71.5 Å². The van der Waals surface area contributed by atoms with Gasteiger partial charge in [0.1, 0.15) is 5.82 Å². The number of pyridine rings is 1. The van der Waals surface area contributed by atoms with Crippen molar-refractivity contribution in [3.63, 3.8) is 0 Å². The van der Waals surface area contributed by atoms with Gasteiger partial charge >= 0.3 is 0 Å². The van der Waals surface area contributed by atoms with Crippen LogP contribution < -0.4 is 9.64 Å². The molecule has 37 heavy (non-hydrogen) atoms. The van der Waals surface area contributed by atoms with Crippen LogP contribution in [0.1, 0.15) is 36.4 Å². The van der Waals surface area contributed by atoms with Gasteiger partial charge in [-0.05, 0) is 68.0 Å². The summed E-state index contributed by atoms with van der Waals surface area (Å²) in [5.41, 5.74) is 2.07. The number of benzene rings is 1. The minimum Gasteiger partial charge on any atom is -0.478 e. The number of aromatic nitrogens is 3. The number of rotatable bonds is 7. The standard InChI is InChI=1S/C28H31ClFN5O2/c1-19-2-8-26(33-32-19)34-13-10-21(11-14-34)28(36)35-17-22(12-15-37-27-9-7-24(30)16-31-27)25(18-35)20-3-5-23(29)6-4-20/h2-9,16,21-22,25H,10-15,17-18H2,1H3/t22-,25+/m0/s1. The molecular formula is C28H31ClFN5O2. The van der Waals surface area contributed by atoms with Crippen LogP contribution in [-0.2, 0) is 4.79 Å². The SMILES string of the molecule is Cc1ccc(N2CCC(C(=O)N3C[C@H](CCOc4ccc(F)cn4)[C@@H](c4ccc(Cl)cc4)C3)CC2)nn1. The van der Waals surface area contributed by atoms with Crippen LogP contribution in [0.15, 0.2) is 54.7 Å². The fraction of sp³-hybridized carbons (Fsp3) is 0.429. The van der Waals surface area contributed by atoms with Crippen molar-refractivity contribution in [3.8, 4) is 5.88 Å². The highest BCUT2D eigenvalue weighted by molar-refractivity contribution is 6.30. The van der Waals surface area contributed by atoms with Crippen LogP contribution in [-0.4, -0.2) is 58.8 Å². The number of piperidine rings is 1. The molecule has 2 atom stereocenters. The number of halogens is 2. The first kappa shape index (κ1) is 25.4. The van der Waals surface area contributed by atoms with E-state index in [0.717, 1.165) is 50.1 Å². The summed E-state index contributed by atoms with van der Waals surface area (Å²) in [7, 11) is 0. The number of hydrogen-bond acceptors (Lipinski definition) is 6. The van der Waals surface area contributed by atoms with Gasteiger partial charge in [-0.3, -0.25) is 4.79 Å². The van der Waals surface area contributed by atoms with Gasteiger partial charge in [0.25, 0.3) is 0 Å². The third-order valence-corrected chi connectivity index (χ3v) is 7.69. The number of anilines is 1. The van der Waals surface area contributed by atoms with Crippen molar-refractivity contribution in [3.05, 3.63) is 76.8 Å². The maximum absolute atomic E-state index is 13.6. The summed E-state index contributed by atoms with van der Waals surface area (Å²) in [6, 6.07) is 14.8. The lowest BCUT2D eigenvalue weighted by Gasteiger charge is -2.33. The number of carbonyl (C=O) groups is 1. The van der Waals surface area contributed by atoms with Crippen LogP contribution in [0, 0.1) is 24.6 Å². The summed E-state index contributed by atoms with van der Waals surface area (Å²) in [4.78, 5) is 21.8. The molecule has 0 radical (unpaired) electrons. The molecule has 0 N–H and O–H groups in total. The first-order valence-corrected chi connectivity index (χ1v) is 13.2. The van der Waals surface area contributed by atoms with Crippen molar-refractivity contribution >= 4 is 23.3 Å². The normalized spacial score (nSPS) is 20.3. The number of nitrogens with zero attached hydrogens (tertiary/aromatic N) is 5. The Hall–Kier alpha value is -3.26. The van der Waals surface area contributed by atoms with E-state index in [1.165, 1.54) is 17.7 Å². The number of hydrogen-bond donors (Lipinski definition) is 0. The van der Waals surface area contributed by atoms with E-state index in [0.29, 0.717) is 30.6 Å². The Morgan fingerprint density at radius 1 is 1.05 bits per heavy atom. The quantitative estimate of drug-likeness (QED) is 0.438. The average molecular weight is 524 g/mol. The van der Waals surface area contributed by atoms with E-state index >= 15 is 0 Å². The van der Waals surface area contributed by atoms with Gasteiger partial charge in [-0.15, -0.1) is 5.10 Å². The maximum Gasteiger partial charge on any atom is 0.225 e. The lowest BCUT2D eigenvalue weighted by Crippen LogP contribution is -2.42. The first-order valence-electron chi connectivity index (χ1n) is 12.8. The molecule has 2 saturated heterocycles. The number of carbonyl (C=O) groups excluding carboxylic acids is 1. The summed E-state index contributed by atoms with van der Waals surface area (Å²) < 4.78 is 18.9. The van der Waals surface area contributed by atoms with Crippen LogP contribution in [0.25, 0.3) is 0 Å². The summed E-state index contributed by atoms with van der Waals surface area (Å²) in [5.74, 6) is 1.58. The minimum atomic E-state index is -0.391. The van der Waals surface area contributed by atoms with Gasteiger partial charge in [-0.2, -0.15) is 5.10 Å². The minimum absolute atomic E-state index is 0.0129. The lowest BCUT2D eigenvalue weighted by molar-refractivity contribution is -0.135. The van der Waals surface area contributed by atoms with E-state index in [4.69, 9.17) is 16.3 Å². The smallest absolute Gasteiger partial charge is 0.225 e. The van der Waals surface area contributed by atoms with E-state index in [1.54, 1.807) is 0 Å². The molecule has 7 nitrogen and oxygen atoms in total. The van der Waals surface area contributed by atoms with Crippen molar-refractivity contribution in [2.24, 2.45) is 11.8 Å². The van der Waals surface area contributed by atoms with Crippen LogP contribution in [0.3, 0.4) is 0 Å². The van der Waals surface area contributed by atoms with Crippen molar-refractivity contribution in [2.75, 3.05) is 37.7 Å². The summed E-state index contributed by atoms with van der Waals surface area (Å²) in [5, 5.41) is 9.16. The molecule has 1 aromatic carbocycles. The molecular weight excluding hydrogens is 493 g/mol. The van der Waals surface area contributed by atoms with Gasteiger partial charge in [0.2, 0.25) is 11.8 Å². The molecule has 9 heteroatoms. The van der Waals surface area contributed by atoms with Crippen LogP contribution >= 0.6 is 11.6 Å². The van der Waals surface area contributed by atoms with Gasteiger partial charge in [-0.1, -0.05) is 23.7 Å². The highest BCUT2D eigenvalue weighted by atomic mass is 35.5. The summed E-state index contributed by atoms with van der Waals surface area (Å²) in [6.45, 7) is 5.34. The Labute approximate surface area is 221 Å². The predicted octanol–water partition coefficient (Wildman–Crippen LogP) is 4.90. The van der Waals surface area contributed by atoms with Gasteiger partial charge in [0.05, 0.1) is 18.5 Å². The third-order valence-electron chi connectivity index (χ3n) is 7.44. The first-order chi connectivity index (χ1) is 18.0. The molecule has 0 bridgehead atoms. The Morgan fingerprint density at radius 2 is 1.84 bits per heavy atom. The molecule has 1 amide bonds. The Morgan fingerprint density at radius 3 is 2.51 bits per heavy atom. The average Bonchev–Trinajstić information content (AvgIpc) is 3.34. The maximum atomic E-state index is 13.6. The van der Waals surface area contributed by atoms with Crippen LogP contribution in [0.4, 0.5) is 10.2 Å². The Balaban J connectivity index is 1.21.